The molecule has 3 rings (SSSR count). The first-order valence-corrected chi connectivity index (χ1v) is 15.8. The second-order valence-electron chi connectivity index (χ2n) is 10.3. The molecule has 0 saturated carbocycles. The van der Waals surface area contributed by atoms with Crippen LogP contribution < -0.4 is 10.1 Å². The number of rotatable bonds is 18. The minimum atomic E-state index is -0.141. The molecule has 1 aliphatic rings. The number of hydrogen-bond acceptors (Lipinski definition) is 4. The molecule has 6 heteroatoms. The second kappa shape index (κ2) is 17.5. The van der Waals surface area contributed by atoms with Crippen LogP contribution in [0.25, 0.3) is 0 Å². The fraction of sp³-hybridized carbons (Fsp3) is 0.531. The third-order valence-corrected chi connectivity index (χ3v) is 8.20. The normalized spacial score (nSPS) is 13.0. The van der Waals surface area contributed by atoms with Crippen LogP contribution in [-0.2, 0) is 6.54 Å². The lowest BCUT2D eigenvalue weighted by atomic mass is 10.1. The maximum atomic E-state index is 12.8. The van der Waals surface area contributed by atoms with Crippen molar-refractivity contribution in [3.8, 4) is 5.75 Å². The number of amides is 1. The molecule has 0 fully saturated rings. The molecule has 208 valence electrons. The van der Waals surface area contributed by atoms with Gasteiger partial charge in [0.05, 0.1) is 17.5 Å². The maximum absolute atomic E-state index is 12.8. The number of carbonyl (C=O) groups excluding carboxylic acids is 1. The van der Waals surface area contributed by atoms with Crippen LogP contribution >= 0.6 is 23.4 Å². The molecule has 0 aromatic heterocycles. The molecular formula is C32H45ClN2O2S. The molecule has 0 unspecified atom stereocenters. The molecule has 1 aliphatic heterocycles. The van der Waals surface area contributed by atoms with Gasteiger partial charge in [0.15, 0.2) is 0 Å². The first-order chi connectivity index (χ1) is 18.5. The van der Waals surface area contributed by atoms with Crippen molar-refractivity contribution >= 4 is 35.0 Å². The Morgan fingerprint density at radius 2 is 1.55 bits per heavy atom. The zero-order chi connectivity index (χ0) is 27.0. The number of allylic oxidation sites excluding steroid dienone is 1. The SMILES string of the molecule is CCCCCCCCCCCCCCOc1cc(NC(=O)c2ccc(CN3C=C(C)SC3)cc2)ccc1Cl. The van der Waals surface area contributed by atoms with E-state index in [0.29, 0.717) is 28.6 Å². The van der Waals surface area contributed by atoms with Gasteiger partial charge in [-0.05, 0) is 48.1 Å². The summed E-state index contributed by atoms with van der Waals surface area (Å²) in [6, 6.07) is 13.2. The van der Waals surface area contributed by atoms with Gasteiger partial charge >= 0.3 is 0 Å². The van der Waals surface area contributed by atoms with Gasteiger partial charge in [-0.3, -0.25) is 4.79 Å². The lowest BCUT2D eigenvalue weighted by Gasteiger charge is -2.14. The quantitative estimate of drug-likeness (QED) is 0.185. The van der Waals surface area contributed by atoms with E-state index in [4.69, 9.17) is 16.3 Å². The molecule has 1 amide bonds. The number of halogens is 1. The summed E-state index contributed by atoms with van der Waals surface area (Å²) in [7, 11) is 0. The number of thioether (sulfide) groups is 1. The number of nitrogens with zero attached hydrogens (tertiary/aromatic N) is 1. The van der Waals surface area contributed by atoms with Gasteiger partial charge in [0, 0.05) is 30.1 Å². The molecule has 1 heterocycles. The highest BCUT2D eigenvalue weighted by Gasteiger charge is 2.12. The van der Waals surface area contributed by atoms with E-state index in [2.05, 4.69) is 30.3 Å². The Morgan fingerprint density at radius 1 is 0.921 bits per heavy atom. The highest BCUT2D eigenvalue weighted by Crippen LogP contribution is 2.29. The molecule has 0 aliphatic carbocycles. The number of ether oxygens (including phenoxy) is 1. The van der Waals surface area contributed by atoms with Crippen molar-refractivity contribution in [1.82, 2.24) is 4.90 Å². The van der Waals surface area contributed by atoms with Crippen LogP contribution in [0.3, 0.4) is 0 Å². The molecule has 4 nitrogen and oxygen atoms in total. The van der Waals surface area contributed by atoms with Crippen LogP contribution in [0, 0.1) is 0 Å². The number of carbonyl (C=O) groups is 1. The van der Waals surface area contributed by atoms with Crippen LogP contribution in [-0.4, -0.2) is 23.3 Å². The summed E-state index contributed by atoms with van der Waals surface area (Å²) in [6.07, 6.45) is 18.0. The average molecular weight is 557 g/mol. The predicted octanol–water partition coefficient (Wildman–Crippen LogP) is 10.0. The minimum Gasteiger partial charge on any atom is -0.492 e. The van der Waals surface area contributed by atoms with E-state index >= 15 is 0 Å². The Labute approximate surface area is 239 Å². The van der Waals surface area contributed by atoms with Crippen LogP contribution in [0.5, 0.6) is 5.75 Å². The number of anilines is 1. The van der Waals surface area contributed by atoms with Crippen molar-refractivity contribution in [1.29, 1.82) is 0 Å². The minimum absolute atomic E-state index is 0.141. The largest absolute Gasteiger partial charge is 0.492 e. The molecule has 0 radical (unpaired) electrons. The zero-order valence-corrected chi connectivity index (χ0v) is 24.8. The highest BCUT2D eigenvalue weighted by atomic mass is 35.5. The molecule has 0 saturated heterocycles. The smallest absolute Gasteiger partial charge is 0.255 e. The van der Waals surface area contributed by atoms with Gasteiger partial charge in [0.25, 0.3) is 5.91 Å². The monoisotopic (exact) mass is 556 g/mol. The van der Waals surface area contributed by atoms with Crippen LogP contribution in [0.2, 0.25) is 5.02 Å². The molecule has 0 atom stereocenters. The van der Waals surface area contributed by atoms with Gasteiger partial charge in [-0.25, -0.2) is 0 Å². The number of unbranched alkanes of at least 4 members (excludes halogenated alkanes) is 11. The topological polar surface area (TPSA) is 41.6 Å². The van der Waals surface area contributed by atoms with Gasteiger partial charge in [-0.2, -0.15) is 0 Å². The average Bonchev–Trinajstić information content (AvgIpc) is 3.33. The van der Waals surface area contributed by atoms with Crippen molar-refractivity contribution in [2.24, 2.45) is 0 Å². The van der Waals surface area contributed by atoms with E-state index in [-0.39, 0.29) is 5.91 Å². The molecule has 2 aromatic rings. The van der Waals surface area contributed by atoms with Crippen molar-refractivity contribution in [3.63, 3.8) is 0 Å². The summed E-state index contributed by atoms with van der Waals surface area (Å²) in [5.41, 5.74) is 2.50. The zero-order valence-electron chi connectivity index (χ0n) is 23.3. The fourth-order valence-electron chi connectivity index (χ4n) is 4.62. The van der Waals surface area contributed by atoms with E-state index < -0.39 is 0 Å². The summed E-state index contributed by atoms with van der Waals surface area (Å²) in [5.74, 6) is 1.46. The molecule has 0 spiro atoms. The Balaban J connectivity index is 1.32. The second-order valence-corrected chi connectivity index (χ2v) is 11.9. The standard InChI is InChI=1S/C32H45ClN2O2S/c1-3-4-5-6-7-8-9-10-11-12-13-14-21-37-31-22-29(19-20-30(31)33)34-32(36)28-17-15-27(16-18-28)24-35-23-26(2)38-25-35/h15-20,22-23H,3-14,21,24-25H2,1-2H3,(H,34,36). The van der Waals surface area contributed by atoms with Crippen molar-refractivity contribution < 1.29 is 9.53 Å². The van der Waals surface area contributed by atoms with E-state index in [1.165, 1.54) is 81.1 Å². The van der Waals surface area contributed by atoms with Gasteiger partial charge in [-0.1, -0.05) is 101 Å². The van der Waals surface area contributed by atoms with E-state index in [1.807, 2.05) is 48.2 Å². The summed E-state index contributed by atoms with van der Waals surface area (Å²) in [4.78, 5) is 16.4. The molecular weight excluding hydrogens is 512 g/mol. The predicted molar refractivity (Wildman–Crippen MR) is 164 cm³/mol. The number of benzene rings is 2. The van der Waals surface area contributed by atoms with Gasteiger partial charge in [0.2, 0.25) is 0 Å². The fourth-order valence-corrected chi connectivity index (χ4v) is 5.55. The first kappa shape index (κ1) is 30.4. The Hall–Kier alpha value is -2.11. The number of nitrogens with one attached hydrogen (secondary N) is 1. The van der Waals surface area contributed by atoms with Gasteiger partial charge in [0.1, 0.15) is 5.75 Å². The third kappa shape index (κ3) is 11.3. The van der Waals surface area contributed by atoms with Crippen LogP contribution in [0.1, 0.15) is 107 Å². The Kier molecular flexibility index (Phi) is 14.0. The first-order valence-electron chi connectivity index (χ1n) is 14.4. The van der Waals surface area contributed by atoms with Gasteiger partial charge in [-0.15, -0.1) is 11.8 Å². The lowest BCUT2D eigenvalue weighted by molar-refractivity contribution is 0.102. The van der Waals surface area contributed by atoms with Crippen molar-refractivity contribution in [3.05, 3.63) is 69.7 Å². The maximum Gasteiger partial charge on any atom is 0.255 e. The Bertz CT molecular complexity index is 1010. The number of hydrogen-bond donors (Lipinski definition) is 1. The van der Waals surface area contributed by atoms with Crippen molar-refractivity contribution in [2.45, 2.75) is 97.4 Å². The molecule has 1 N–H and O–H groups in total. The summed E-state index contributed by atoms with van der Waals surface area (Å²) in [6.45, 7) is 5.89. The van der Waals surface area contributed by atoms with E-state index in [9.17, 15) is 4.79 Å². The summed E-state index contributed by atoms with van der Waals surface area (Å²) >= 11 is 8.20. The van der Waals surface area contributed by atoms with E-state index in [0.717, 1.165) is 18.8 Å². The molecule has 38 heavy (non-hydrogen) atoms. The van der Waals surface area contributed by atoms with Crippen molar-refractivity contribution in [2.75, 3.05) is 17.8 Å². The third-order valence-electron chi connectivity index (χ3n) is 6.87. The molecule has 2 aromatic carbocycles. The van der Waals surface area contributed by atoms with Crippen LogP contribution in [0.4, 0.5) is 5.69 Å². The molecule has 0 bridgehead atoms. The van der Waals surface area contributed by atoms with Crippen LogP contribution in [0.15, 0.2) is 53.6 Å². The highest BCUT2D eigenvalue weighted by molar-refractivity contribution is 8.03. The van der Waals surface area contributed by atoms with E-state index in [1.54, 1.807) is 6.07 Å². The summed E-state index contributed by atoms with van der Waals surface area (Å²) < 4.78 is 5.95. The van der Waals surface area contributed by atoms with Gasteiger partial charge < -0.3 is 15.0 Å². The lowest BCUT2D eigenvalue weighted by Crippen LogP contribution is -2.14. The Morgan fingerprint density at radius 3 is 2.16 bits per heavy atom. The summed E-state index contributed by atoms with van der Waals surface area (Å²) in [5, 5.41) is 3.54.